The van der Waals surface area contributed by atoms with Gasteiger partial charge >= 0.3 is 0 Å². The first-order valence-electron chi connectivity index (χ1n) is 7.95. The Morgan fingerprint density at radius 2 is 2.00 bits per heavy atom. The second-order valence-corrected chi connectivity index (χ2v) is 7.20. The van der Waals surface area contributed by atoms with Gasteiger partial charge in [0.15, 0.2) is 0 Å². The molecule has 0 radical (unpaired) electrons. The maximum absolute atomic E-state index is 4.81. The molecule has 21 heavy (non-hydrogen) atoms. The van der Waals surface area contributed by atoms with Gasteiger partial charge in [-0.15, -0.1) is 0 Å². The number of thioether (sulfide) groups is 1. The van der Waals surface area contributed by atoms with E-state index >= 15 is 0 Å². The monoisotopic (exact) mass is 300 g/mol. The lowest BCUT2D eigenvalue weighted by Crippen LogP contribution is -2.31. The molecule has 1 unspecified atom stereocenters. The predicted octanol–water partition coefficient (Wildman–Crippen LogP) is 3.90. The average molecular weight is 300 g/mol. The van der Waals surface area contributed by atoms with Crippen LogP contribution in [-0.4, -0.2) is 29.6 Å². The molecule has 1 aromatic heterocycles. The van der Waals surface area contributed by atoms with Crippen LogP contribution in [0.15, 0.2) is 36.4 Å². The SMILES string of the molecule is CNC(Cc1ccc2ccccc2n1)CC1CCSCC1. The molecule has 0 aliphatic carbocycles. The Hall–Kier alpha value is -1.06. The summed E-state index contributed by atoms with van der Waals surface area (Å²) in [5.41, 5.74) is 2.32. The normalized spacial score (nSPS) is 18.0. The van der Waals surface area contributed by atoms with Gasteiger partial charge < -0.3 is 5.32 Å². The van der Waals surface area contributed by atoms with E-state index in [1.807, 2.05) is 0 Å². The molecular weight excluding hydrogens is 276 g/mol. The molecule has 1 aromatic carbocycles. The largest absolute Gasteiger partial charge is 0.317 e. The predicted molar refractivity (Wildman–Crippen MR) is 93.0 cm³/mol. The van der Waals surface area contributed by atoms with Crippen molar-refractivity contribution < 1.29 is 0 Å². The number of fused-ring (bicyclic) bond motifs is 1. The average Bonchev–Trinajstić information content (AvgIpc) is 2.55. The van der Waals surface area contributed by atoms with Crippen LogP contribution < -0.4 is 5.32 Å². The minimum atomic E-state index is 0.548. The summed E-state index contributed by atoms with van der Waals surface area (Å²) in [6, 6.07) is 13.3. The van der Waals surface area contributed by atoms with E-state index in [0.717, 1.165) is 17.9 Å². The van der Waals surface area contributed by atoms with Gasteiger partial charge in [0.2, 0.25) is 0 Å². The van der Waals surface area contributed by atoms with E-state index in [4.69, 9.17) is 4.98 Å². The number of rotatable bonds is 5. The second kappa shape index (κ2) is 7.28. The molecule has 1 fully saturated rings. The fourth-order valence-electron chi connectivity index (χ4n) is 3.16. The summed E-state index contributed by atoms with van der Waals surface area (Å²) >= 11 is 2.11. The molecule has 1 aliphatic rings. The summed E-state index contributed by atoms with van der Waals surface area (Å²) in [6.45, 7) is 0. The van der Waals surface area contributed by atoms with Gasteiger partial charge in [-0.1, -0.05) is 24.3 Å². The molecule has 1 saturated heterocycles. The van der Waals surface area contributed by atoms with Crippen molar-refractivity contribution >= 4 is 22.7 Å². The van der Waals surface area contributed by atoms with Crippen LogP contribution in [0.25, 0.3) is 10.9 Å². The summed E-state index contributed by atoms with van der Waals surface area (Å²) in [5, 5.41) is 4.73. The summed E-state index contributed by atoms with van der Waals surface area (Å²) < 4.78 is 0. The summed E-state index contributed by atoms with van der Waals surface area (Å²) in [7, 11) is 2.09. The molecule has 0 saturated carbocycles. The fourth-order valence-corrected chi connectivity index (χ4v) is 4.37. The van der Waals surface area contributed by atoms with Crippen LogP contribution in [0, 0.1) is 5.92 Å². The van der Waals surface area contributed by atoms with Gasteiger partial charge in [0.1, 0.15) is 0 Å². The quantitative estimate of drug-likeness (QED) is 0.906. The van der Waals surface area contributed by atoms with Crippen molar-refractivity contribution in [2.24, 2.45) is 5.92 Å². The highest BCUT2D eigenvalue weighted by atomic mass is 32.2. The van der Waals surface area contributed by atoms with Gasteiger partial charge in [-0.3, -0.25) is 4.98 Å². The topological polar surface area (TPSA) is 24.9 Å². The van der Waals surface area contributed by atoms with Crippen LogP contribution in [0.2, 0.25) is 0 Å². The van der Waals surface area contributed by atoms with Gasteiger partial charge in [0, 0.05) is 23.5 Å². The van der Waals surface area contributed by atoms with Gasteiger partial charge in [0.25, 0.3) is 0 Å². The zero-order valence-corrected chi connectivity index (χ0v) is 13.5. The van der Waals surface area contributed by atoms with E-state index in [-0.39, 0.29) is 0 Å². The molecular formula is C18H24N2S. The van der Waals surface area contributed by atoms with Crippen molar-refractivity contribution in [2.75, 3.05) is 18.6 Å². The highest BCUT2D eigenvalue weighted by Crippen LogP contribution is 2.27. The van der Waals surface area contributed by atoms with Gasteiger partial charge in [-0.05, 0) is 55.9 Å². The van der Waals surface area contributed by atoms with Crippen molar-refractivity contribution in [3.8, 4) is 0 Å². The van der Waals surface area contributed by atoms with E-state index in [2.05, 4.69) is 60.5 Å². The van der Waals surface area contributed by atoms with E-state index in [1.165, 1.54) is 41.8 Å². The lowest BCUT2D eigenvalue weighted by molar-refractivity contribution is 0.375. The van der Waals surface area contributed by atoms with Crippen molar-refractivity contribution in [1.82, 2.24) is 10.3 Å². The molecule has 2 heterocycles. The van der Waals surface area contributed by atoms with Crippen LogP contribution >= 0.6 is 11.8 Å². The third kappa shape index (κ3) is 3.98. The zero-order chi connectivity index (χ0) is 14.5. The molecule has 1 atom stereocenters. The lowest BCUT2D eigenvalue weighted by atomic mass is 9.92. The zero-order valence-electron chi connectivity index (χ0n) is 12.7. The van der Waals surface area contributed by atoms with E-state index in [0.29, 0.717) is 6.04 Å². The highest BCUT2D eigenvalue weighted by Gasteiger charge is 2.18. The van der Waals surface area contributed by atoms with Crippen LogP contribution in [0.5, 0.6) is 0 Å². The maximum Gasteiger partial charge on any atom is 0.0705 e. The van der Waals surface area contributed by atoms with E-state index < -0.39 is 0 Å². The molecule has 2 aromatic rings. The first-order chi connectivity index (χ1) is 10.3. The number of nitrogens with one attached hydrogen (secondary N) is 1. The summed E-state index contributed by atoms with van der Waals surface area (Å²) in [5.74, 6) is 3.58. The van der Waals surface area contributed by atoms with Crippen LogP contribution in [0.3, 0.4) is 0 Å². The molecule has 0 bridgehead atoms. The molecule has 2 nitrogen and oxygen atoms in total. The molecule has 3 rings (SSSR count). The number of likely N-dealkylation sites (N-methyl/N-ethyl adjacent to an activating group) is 1. The summed E-state index contributed by atoms with van der Waals surface area (Å²) in [6.07, 6.45) is 5.08. The Morgan fingerprint density at radius 3 is 2.81 bits per heavy atom. The van der Waals surface area contributed by atoms with Crippen molar-refractivity contribution in [2.45, 2.75) is 31.7 Å². The van der Waals surface area contributed by atoms with E-state index in [9.17, 15) is 0 Å². The third-order valence-corrected chi connectivity index (χ3v) is 5.53. The van der Waals surface area contributed by atoms with E-state index in [1.54, 1.807) is 0 Å². The molecule has 3 heteroatoms. The first kappa shape index (κ1) is 14.9. The number of para-hydroxylation sites is 1. The number of nitrogens with zero attached hydrogens (tertiary/aromatic N) is 1. The Morgan fingerprint density at radius 1 is 1.19 bits per heavy atom. The Balaban J connectivity index is 1.66. The molecule has 0 amide bonds. The van der Waals surface area contributed by atoms with Gasteiger partial charge in [0.05, 0.1) is 5.52 Å². The van der Waals surface area contributed by atoms with Crippen molar-refractivity contribution in [1.29, 1.82) is 0 Å². The van der Waals surface area contributed by atoms with Crippen LogP contribution in [0.1, 0.15) is 25.0 Å². The van der Waals surface area contributed by atoms with Crippen molar-refractivity contribution in [3.63, 3.8) is 0 Å². The maximum atomic E-state index is 4.81. The number of benzene rings is 1. The minimum absolute atomic E-state index is 0.548. The molecule has 112 valence electrons. The fraction of sp³-hybridized carbons (Fsp3) is 0.500. The number of hydrogen-bond donors (Lipinski definition) is 1. The van der Waals surface area contributed by atoms with Crippen LogP contribution in [0.4, 0.5) is 0 Å². The second-order valence-electron chi connectivity index (χ2n) is 5.98. The Bertz CT molecular complexity index is 578. The van der Waals surface area contributed by atoms with Crippen LogP contribution in [-0.2, 0) is 6.42 Å². The minimum Gasteiger partial charge on any atom is -0.317 e. The van der Waals surface area contributed by atoms with Crippen molar-refractivity contribution in [3.05, 3.63) is 42.1 Å². The number of hydrogen-bond acceptors (Lipinski definition) is 3. The Labute approximate surface area is 131 Å². The molecule has 0 spiro atoms. The first-order valence-corrected chi connectivity index (χ1v) is 9.10. The Kier molecular flexibility index (Phi) is 5.15. The standard InChI is InChI=1S/C18H24N2S/c1-19-17(12-14-8-10-21-11-9-14)13-16-7-6-15-4-2-3-5-18(15)20-16/h2-7,14,17,19H,8-13H2,1H3. The third-order valence-electron chi connectivity index (χ3n) is 4.48. The number of aromatic nitrogens is 1. The summed E-state index contributed by atoms with van der Waals surface area (Å²) in [4.78, 5) is 4.81. The number of pyridine rings is 1. The van der Waals surface area contributed by atoms with Gasteiger partial charge in [-0.25, -0.2) is 0 Å². The molecule has 1 aliphatic heterocycles. The highest BCUT2D eigenvalue weighted by molar-refractivity contribution is 7.99. The lowest BCUT2D eigenvalue weighted by Gasteiger charge is -2.26. The molecule has 1 N–H and O–H groups in total. The smallest absolute Gasteiger partial charge is 0.0705 e. The van der Waals surface area contributed by atoms with Gasteiger partial charge in [-0.2, -0.15) is 11.8 Å².